The molecule has 194 valence electrons. The van der Waals surface area contributed by atoms with E-state index in [0.29, 0.717) is 16.9 Å². The molecule has 2 aromatic rings. The van der Waals surface area contributed by atoms with E-state index in [1.165, 1.54) is 29.7 Å². The second-order valence-electron chi connectivity index (χ2n) is 11.9. The van der Waals surface area contributed by atoms with Crippen molar-refractivity contribution in [3.8, 4) is 0 Å². The monoisotopic (exact) mass is 508 g/mol. The second-order valence-corrected chi connectivity index (χ2v) is 12.8. The number of hydrogen-bond donors (Lipinski definition) is 0. The molecule has 6 rings (SSSR count). The molecule has 2 spiro atoms. The van der Waals surface area contributed by atoms with Crippen molar-refractivity contribution in [2.45, 2.75) is 69.4 Å². The van der Waals surface area contributed by atoms with Gasteiger partial charge in [0, 0.05) is 54.9 Å². The van der Waals surface area contributed by atoms with Gasteiger partial charge in [-0.05, 0) is 69.1 Å². The molecule has 3 saturated heterocycles. The first-order chi connectivity index (χ1) is 17.5. The van der Waals surface area contributed by atoms with Crippen molar-refractivity contribution in [2.24, 2.45) is 10.8 Å². The number of amides is 2. The van der Waals surface area contributed by atoms with E-state index < -0.39 is 0 Å². The number of urea groups is 1. The van der Waals surface area contributed by atoms with Gasteiger partial charge in [0.1, 0.15) is 6.33 Å². The molecule has 4 aliphatic rings. The lowest BCUT2D eigenvalue weighted by molar-refractivity contribution is -0.0910. The predicted octanol–water partition coefficient (Wildman–Crippen LogP) is 4.70. The number of unbranched alkanes of at least 4 members (excludes halogenated alkanes) is 1. The average molecular weight is 509 g/mol. The van der Waals surface area contributed by atoms with Crippen LogP contribution in [0, 0.1) is 10.8 Å². The highest BCUT2D eigenvalue weighted by molar-refractivity contribution is 7.98. The summed E-state index contributed by atoms with van der Waals surface area (Å²) in [6, 6.07) is 9.65. The quantitative estimate of drug-likeness (QED) is 0.508. The molecule has 1 aromatic heterocycles. The molecule has 0 N–H and O–H groups in total. The van der Waals surface area contributed by atoms with Gasteiger partial charge in [-0.25, -0.2) is 14.5 Å². The van der Waals surface area contributed by atoms with E-state index in [1.54, 1.807) is 0 Å². The van der Waals surface area contributed by atoms with Gasteiger partial charge in [-0.3, -0.25) is 4.90 Å². The number of nitrogens with zero attached hydrogens (tertiary/aromatic N) is 6. The maximum Gasteiger partial charge on any atom is 0.320 e. The van der Waals surface area contributed by atoms with Crippen molar-refractivity contribution >= 4 is 17.8 Å². The van der Waals surface area contributed by atoms with Crippen LogP contribution in [0.25, 0.3) is 0 Å². The molecule has 0 unspecified atom stereocenters. The Hall–Kier alpha value is -2.06. The first-order valence-electron chi connectivity index (χ1n) is 13.8. The Morgan fingerprint density at radius 3 is 2.50 bits per heavy atom. The summed E-state index contributed by atoms with van der Waals surface area (Å²) in [6.45, 7) is 9.27. The molecule has 0 atom stereocenters. The summed E-state index contributed by atoms with van der Waals surface area (Å²) >= 11 is 1.81. The van der Waals surface area contributed by atoms with E-state index in [-0.39, 0.29) is 6.03 Å². The second kappa shape index (κ2) is 9.67. The van der Waals surface area contributed by atoms with E-state index in [0.717, 1.165) is 77.3 Å². The molecule has 4 fully saturated rings. The van der Waals surface area contributed by atoms with Crippen LogP contribution >= 0.6 is 11.8 Å². The van der Waals surface area contributed by atoms with Crippen molar-refractivity contribution in [3.63, 3.8) is 0 Å². The Bertz CT molecular complexity index is 1070. The minimum absolute atomic E-state index is 0.272. The molecule has 36 heavy (non-hydrogen) atoms. The van der Waals surface area contributed by atoms with Gasteiger partial charge in [-0.2, -0.15) is 5.10 Å². The van der Waals surface area contributed by atoms with Crippen molar-refractivity contribution in [1.29, 1.82) is 0 Å². The fraction of sp³-hybridized carbons (Fsp3) is 0.679. The summed E-state index contributed by atoms with van der Waals surface area (Å²) < 4.78 is 2.08. The summed E-state index contributed by atoms with van der Waals surface area (Å²) in [5, 5.41) is 4.70. The van der Waals surface area contributed by atoms with Gasteiger partial charge < -0.3 is 9.80 Å². The van der Waals surface area contributed by atoms with Gasteiger partial charge in [0.25, 0.3) is 0 Å². The Morgan fingerprint density at radius 2 is 1.81 bits per heavy atom. The standard InChI is InChI=1S/C28H40N6OS/c1-3-4-8-25-29-21-34(30-25)23-14-28(15-23)19-33(20-28)26(35)32-17-27(18-32)9-11-31(12-10-27)16-22-6-5-7-24(13-22)36-2/h5-7,13,21,23H,3-4,8-12,14-20H2,1-2H3. The molecular formula is C28H40N6OS. The molecule has 0 bridgehead atoms. The van der Waals surface area contributed by atoms with Crippen LogP contribution in [-0.4, -0.2) is 81.0 Å². The zero-order valence-electron chi connectivity index (χ0n) is 21.9. The van der Waals surface area contributed by atoms with Crippen LogP contribution in [0.4, 0.5) is 4.79 Å². The molecule has 7 nitrogen and oxygen atoms in total. The third-order valence-electron chi connectivity index (χ3n) is 9.12. The summed E-state index contributed by atoms with van der Waals surface area (Å²) in [6.07, 6.45) is 12.0. The number of aryl methyl sites for hydroxylation is 1. The Balaban J connectivity index is 0.917. The number of hydrogen-bond acceptors (Lipinski definition) is 5. The van der Waals surface area contributed by atoms with Gasteiger partial charge in [0.2, 0.25) is 0 Å². The third kappa shape index (κ3) is 4.67. The molecule has 2 amide bonds. The predicted molar refractivity (Wildman–Crippen MR) is 143 cm³/mol. The van der Waals surface area contributed by atoms with Gasteiger partial charge in [-0.15, -0.1) is 11.8 Å². The molecule has 8 heteroatoms. The fourth-order valence-corrected chi connectivity index (χ4v) is 7.33. The van der Waals surface area contributed by atoms with Gasteiger partial charge in [0.05, 0.1) is 6.04 Å². The van der Waals surface area contributed by atoms with Gasteiger partial charge in [0.15, 0.2) is 5.82 Å². The number of likely N-dealkylation sites (tertiary alicyclic amines) is 3. The largest absolute Gasteiger partial charge is 0.323 e. The molecule has 0 radical (unpaired) electrons. The minimum atomic E-state index is 0.272. The van der Waals surface area contributed by atoms with E-state index in [4.69, 9.17) is 5.10 Å². The SMILES string of the molecule is CCCCc1ncn(C2CC3(C2)CN(C(=O)N2CC4(CCN(Cc5cccc(SC)c5)CC4)C2)C3)n1. The topological polar surface area (TPSA) is 57.5 Å². The Labute approximate surface area is 219 Å². The normalized spacial score (nSPS) is 22.9. The van der Waals surface area contributed by atoms with Crippen molar-refractivity contribution in [2.75, 3.05) is 45.5 Å². The molecule has 1 saturated carbocycles. The highest BCUT2D eigenvalue weighted by Crippen LogP contribution is 2.54. The van der Waals surface area contributed by atoms with E-state index in [9.17, 15) is 4.79 Å². The highest BCUT2D eigenvalue weighted by atomic mass is 32.2. The van der Waals surface area contributed by atoms with Crippen LogP contribution in [0.1, 0.15) is 62.9 Å². The average Bonchev–Trinajstić information content (AvgIpc) is 3.28. The number of aromatic nitrogens is 3. The number of carbonyl (C=O) groups excluding carboxylic acids is 1. The van der Waals surface area contributed by atoms with Crippen LogP contribution in [0.5, 0.6) is 0 Å². The van der Waals surface area contributed by atoms with Crippen LogP contribution in [-0.2, 0) is 13.0 Å². The minimum Gasteiger partial charge on any atom is -0.323 e. The Morgan fingerprint density at radius 1 is 1.08 bits per heavy atom. The fourth-order valence-electron chi connectivity index (χ4n) is 6.85. The molecular weight excluding hydrogens is 468 g/mol. The van der Waals surface area contributed by atoms with Crippen LogP contribution in [0.15, 0.2) is 35.5 Å². The zero-order valence-corrected chi connectivity index (χ0v) is 22.7. The highest BCUT2D eigenvalue weighted by Gasteiger charge is 2.56. The number of piperidine rings is 1. The third-order valence-corrected chi connectivity index (χ3v) is 9.85. The Kier molecular flexibility index (Phi) is 6.53. The lowest BCUT2D eigenvalue weighted by Crippen LogP contribution is -2.70. The smallest absolute Gasteiger partial charge is 0.320 e. The summed E-state index contributed by atoms with van der Waals surface area (Å²) in [4.78, 5) is 25.7. The van der Waals surface area contributed by atoms with Crippen molar-refractivity contribution in [3.05, 3.63) is 42.0 Å². The van der Waals surface area contributed by atoms with Crippen molar-refractivity contribution in [1.82, 2.24) is 29.5 Å². The molecule has 4 heterocycles. The first kappa shape index (κ1) is 24.3. The van der Waals surface area contributed by atoms with Crippen LogP contribution in [0.3, 0.4) is 0 Å². The van der Waals surface area contributed by atoms with Gasteiger partial charge >= 0.3 is 6.03 Å². The number of carbonyl (C=O) groups is 1. The van der Waals surface area contributed by atoms with Gasteiger partial charge in [-0.1, -0.05) is 25.5 Å². The number of rotatable bonds is 7. The van der Waals surface area contributed by atoms with E-state index in [1.807, 2.05) is 18.1 Å². The molecule has 1 aromatic carbocycles. The lowest BCUT2D eigenvalue weighted by atomic mass is 9.60. The van der Waals surface area contributed by atoms with Crippen LogP contribution in [0.2, 0.25) is 0 Å². The van der Waals surface area contributed by atoms with E-state index >= 15 is 0 Å². The summed E-state index contributed by atoms with van der Waals surface area (Å²) in [5.74, 6) is 0.977. The lowest BCUT2D eigenvalue weighted by Gasteiger charge is -2.61. The zero-order chi connectivity index (χ0) is 24.8. The maximum absolute atomic E-state index is 13.1. The molecule has 3 aliphatic heterocycles. The molecule has 1 aliphatic carbocycles. The van der Waals surface area contributed by atoms with Crippen LogP contribution < -0.4 is 0 Å². The number of benzene rings is 1. The first-order valence-corrected chi connectivity index (χ1v) is 15.0. The maximum atomic E-state index is 13.1. The van der Waals surface area contributed by atoms with Crippen molar-refractivity contribution < 1.29 is 4.79 Å². The van der Waals surface area contributed by atoms with E-state index in [2.05, 4.69) is 61.8 Å². The number of thioether (sulfide) groups is 1. The summed E-state index contributed by atoms with van der Waals surface area (Å²) in [5.41, 5.74) is 2.10. The summed E-state index contributed by atoms with van der Waals surface area (Å²) in [7, 11) is 0.